The van der Waals surface area contributed by atoms with Crippen molar-refractivity contribution in [3.63, 3.8) is 0 Å². The van der Waals surface area contributed by atoms with Gasteiger partial charge in [-0.25, -0.2) is 0 Å². The average Bonchev–Trinajstić information content (AvgIpc) is 3.04. The quantitative estimate of drug-likeness (QED) is 0.640. The molecule has 0 spiro atoms. The maximum Gasteiger partial charge on any atom is 0.315 e. The van der Waals surface area contributed by atoms with Gasteiger partial charge in [0.2, 0.25) is 11.8 Å². The Hall–Kier alpha value is -1.63. The highest BCUT2D eigenvalue weighted by atomic mass is 16.4. The number of carbonyl (C=O) groups excluding carboxylic acids is 1. The first-order chi connectivity index (χ1) is 9.13. The highest BCUT2D eigenvalue weighted by molar-refractivity contribution is 5.77. The van der Waals surface area contributed by atoms with Crippen LogP contribution in [-0.2, 0) is 11.3 Å². The predicted octanol–water partition coefficient (Wildman–Crippen LogP) is 0.648. The van der Waals surface area contributed by atoms with Gasteiger partial charge in [-0.05, 0) is 12.8 Å². The summed E-state index contributed by atoms with van der Waals surface area (Å²) in [5.74, 6) is 0.606. The molecule has 1 aromatic heterocycles. The summed E-state index contributed by atoms with van der Waals surface area (Å²) in [7, 11) is 0. The second-order valence-electron chi connectivity index (χ2n) is 5.06. The van der Waals surface area contributed by atoms with Gasteiger partial charge in [0.25, 0.3) is 0 Å². The lowest BCUT2D eigenvalue weighted by atomic mass is 10.4. The average molecular weight is 267 g/mol. The number of nitrogens with one attached hydrogen (secondary N) is 3. The van der Waals surface area contributed by atoms with Crippen molar-refractivity contribution in [1.29, 1.82) is 0 Å². The predicted molar refractivity (Wildman–Crippen MR) is 70.5 cm³/mol. The van der Waals surface area contributed by atoms with E-state index < -0.39 is 0 Å². The fourth-order valence-electron chi connectivity index (χ4n) is 1.50. The Morgan fingerprint density at radius 2 is 2.21 bits per heavy atom. The number of carbonyl (C=O) groups is 1. The van der Waals surface area contributed by atoms with Gasteiger partial charge < -0.3 is 20.4 Å². The highest BCUT2D eigenvalue weighted by Crippen LogP contribution is 2.18. The van der Waals surface area contributed by atoms with Crippen LogP contribution in [-0.4, -0.2) is 34.7 Å². The second kappa shape index (κ2) is 6.51. The van der Waals surface area contributed by atoms with Crippen molar-refractivity contribution in [3.8, 4) is 0 Å². The normalized spacial score (nSPS) is 14.7. The zero-order valence-corrected chi connectivity index (χ0v) is 11.4. The molecule has 1 aliphatic carbocycles. The molecule has 7 nitrogen and oxygen atoms in total. The number of aromatic nitrogens is 2. The SMILES string of the molecule is CC(C)NCc1nnc(NCCC(=O)NC2CC2)o1. The molecule has 1 fully saturated rings. The van der Waals surface area contributed by atoms with Gasteiger partial charge in [0.15, 0.2) is 0 Å². The number of anilines is 1. The Bertz CT molecular complexity index is 414. The second-order valence-corrected chi connectivity index (χ2v) is 5.06. The third kappa shape index (κ3) is 5.25. The van der Waals surface area contributed by atoms with Crippen LogP contribution in [0.5, 0.6) is 0 Å². The van der Waals surface area contributed by atoms with E-state index in [0.29, 0.717) is 43.5 Å². The van der Waals surface area contributed by atoms with Crippen LogP contribution in [0, 0.1) is 0 Å². The molecule has 1 saturated carbocycles. The molecular weight excluding hydrogens is 246 g/mol. The van der Waals surface area contributed by atoms with E-state index in [2.05, 4.69) is 26.1 Å². The molecule has 0 bridgehead atoms. The first-order valence-electron chi connectivity index (χ1n) is 6.72. The summed E-state index contributed by atoms with van der Waals surface area (Å²) in [4.78, 5) is 11.4. The monoisotopic (exact) mass is 267 g/mol. The summed E-state index contributed by atoms with van der Waals surface area (Å²) in [6.45, 7) is 5.15. The Morgan fingerprint density at radius 3 is 2.89 bits per heavy atom. The molecule has 106 valence electrons. The van der Waals surface area contributed by atoms with Crippen LogP contribution >= 0.6 is 0 Å². The fourth-order valence-corrected chi connectivity index (χ4v) is 1.50. The Labute approximate surface area is 112 Å². The standard InChI is InChI=1S/C12H21N5O2/c1-8(2)14-7-11-16-17-12(19-11)13-6-5-10(18)15-9-3-4-9/h8-9,14H,3-7H2,1-2H3,(H,13,17)(H,15,18). The Morgan fingerprint density at radius 1 is 1.42 bits per heavy atom. The number of hydrogen-bond donors (Lipinski definition) is 3. The molecule has 2 rings (SSSR count). The zero-order chi connectivity index (χ0) is 13.7. The molecule has 0 aliphatic heterocycles. The third-order valence-electron chi connectivity index (χ3n) is 2.70. The third-order valence-corrected chi connectivity index (χ3v) is 2.70. The van der Waals surface area contributed by atoms with Crippen LogP contribution in [0.4, 0.5) is 6.01 Å². The van der Waals surface area contributed by atoms with Crippen LogP contribution in [0.1, 0.15) is 39.0 Å². The van der Waals surface area contributed by atoms with Crippen LogP contribution in [0.2, 0.25) is 0 Å². The minimum Gasteiger partial charge on any atom is -0.407 e. The van der Waals surface area contributed by atoms with E-state index in [4.69, 9.17) is 4.42 Å². The largest absolute Gasteiger partial charge is 0.407 e. The van der Waals surface area contributed by atoms with E-state index in [1.54, 1.807) is 0 Å². The van der Waals surface area contributed by atoms with Gasteiger partial charge in [-0.2, -0.15) is 0 Å². The molecule has 0 saturated heterocycles. The van der Waals surface area contributed by atoms with Gasteiger partial charge >= 0.3 is 6.01 Å². The van der Waals surface area contributed by atoms with Gasteiger partial charge in [0.1, 0.15) is 0 Å². The van der Waals surface area contributed by atoms with E-state index in [9.17, 15) is 4.79 Å². The van der Waals surface area contributed by atoms with Gasteiger partial charge in [-0.3, -0.25) is 4.79 Å². The van der Waals surface area contributed by atoms with Gasteiger partial charge in [-0.15, -0.1) is 5.10 Å². The minimum absolute atomic E-state index is 0.0659. The Kier molecular flexibility index (Phi) is 4.73. The maximum absolute atomic E-state index is 11.4. The molecule has 0 atom stereocenters. The smallest absolute Gasteiger partial charge is 0.315 e. The molecular formula is C12H21N5O2. The summed E-state index contributed by atoms with van der Waals surface area (Å²) in [6.07, 6.45) is 2.63. The lowest BCUT2D eigenvalue weighted by Gasteiger charge is -2.04. The summed E-state index contributed by atoms with van der Waals surface area (Å²) < 4.78 is 5.38. The van der Waals surface area contributed by atoms with Crippen LogP contribution in [0.15, 0.2) is 4.42 Å². The number of hydrogen-bond acceptors (Lipinski definition) is 6. The highest BCUT2D eigenvalue weighted by Gasteiger charge is 2.22. The number of rotatable bonds is 8. The Balaban J connectivity index is 1.63. The first kappa shape index (κ1) is 13.8. The summed E-state index contributed by atoms with van der Waals surface area (Å²) in [5.41, 5.74) is 0. The van der Waals surface area contributed by atoms with Crippen molar-refractivity contribution in [2.24, 2.45) is 0 Å². The van der Waals surface area contributed by atoms with E-state index in [1.165, 1.54) is 0 Å². The number of nitrogens with zero attached hydrogens (tertiary/aromatic N) is 2. The van der Waals surface area contributed by atoms with Crippen molar-refractivity contribution in [3.05, 3.63) is 5.89 Å². The summed E-state index contributed by atoms with van der Waals surface area (Å²) in [5, 5.41) is 16.8. The molecule has 7 heteroatoms. The topological polar surface area (TPSA) is 92.1 Å². The lowest BCUT2D eigenvalue weighted by molar-refractivity contribution is -0.120. The van der Waals surface area contributed by atoms with Crippen LogP contribution in [0.25, 0.3) is 0 Å². The molecule has 1 aromatic rings. The van der Waals surface area contributed by atoms with Crippen LogP contribution in [0.3, 0.4) is 0 Å². The molecule has 3 N–H and O–H groups in total. The van der Waals surface area contributed by atoms with E-state index in [-0.39, 0.29) is 5.91 Å². The van der Waals surface area contributed by atoms with Crippen molar-refractivity contribution < 1.29 is 9.21 Å². The zero-order valence-electron chi connectivity index (χ0n) is 11.4. The number of amides is 1. The first-order valence-corrected chi connectivity index (χ1v) is 6.72. The lowest BCUT2D eigenvalue weighted by Crippen LogP contribution is -2.27. The van der Waals surface area contributed by atoms with E-state index in [1.807, 2.05) is 13.8 Å². The van der Waals surface area contributed by atoms with Gasteiger partial charge in [-0.1, -0.05) is 18.9 Å². The van der Waals surface area contributed by atoms with Crippen molar-refractivity contribution in [2.75, 3.05) is 11.9 Å². The van der Waals surface area contributed by atoms with E-state index >= 15 is 0 Å². The minimum atomic E-state index is 0.0659. The van der Waals surface area contributed by atoms with Crippen molar-refractivity contribution in [1.82, 2.24) is 20.8 Å². The molecule has 1 aliphatic rings. The molecule has 0 unspecified atom stereocenters. The fraction of sp³-hybridized carbons (Fsp3) is 0.750. The molecule has 19 heavy (non-hydrogen) atoms. The van der Waals surface area contributed by atoms with Crippen LogP contribution < -0.4 is 16.0 Å². The summed E-state index contributed by atoms with van der Waals surface area (Å²) >= 11 is 0. The molecule has 0 aromatic carbocycles. The van der Waals surface area contributed by atoms with Gasteiger partial charge in [0, 0.05) is 25.0 Å². The summed E-state index contributed by atoms with van der Waals surface area (Å²) in [6, 6.07) is 1.14. The van der Waals surface area contributed by atoms with Gasteiger partial charge in [0.05, 0.1) is 6.54 Å². The maximum atomic E-state index is 11.4. The van der Waals surface area contributed by atoms with E-state index in [0.717, 1.165) is 12.8 Å². The van der Waals surface area contributed by atoms with Crippen molar-refractivity contribution in [2.45, 2.75) is 51.7 Å². The molecule has 1 amide bonds. The van der Waals surface area contributed by atoms with Crippen molar-refractivity contribution >= 4 is 11.9 Å². The molecule has 0 radical (unpaired) electrons. The molecule has 1 heterocycles.